The van der Waals surface area contributed by atoms with Crippen molar-refractivity contribution in [1.29, 1.82) is 0 Å². The summed E-state index contributed by atoms with van der Waals surface area (Å²) in [5, 5.41) is 0. The predicted molar refractivity (Wildman–Crippen MR) is 116 cm³/mol. The molecule has 1 amide bonds. The molecule has 0 N–H and O–H groups in total. The van der Waals surface area contributed by atoms with E-state index in [0.29, 0.717) is 23.5 Å². The fourth-order valence-corrected chi connectivity index (χ4v) is 4.10. The lowest BCUT2D eigenvalue weighted by Crippen LogP contribution is -2.31. The minimum Gasteiger partial charge on any atom is -0.497 e. The van der Waals surface area contributed by atoms with Crippen LogP contribution in [0.4, 0.5) is 13.2 Å². The fraction of sp³-hybridized carbons (Fsp3) is 0.364. The molecule has 0 saturated carbocycles. The van der Waals surface area contributed by atoms with Crippen LogP contribution in [0.25, 0.3) is 0 Å². The van der Waals surface area contributed by atoms with Crippen LogP contribution in [0.2, 0.25) is 0 Å². The quantitative estimate of drug-likeness (QED) is 0.313. The standard InChI is InChI=1S/C22H22F3NO8S/c1-31-15-7-13(8-16(11-15)32-2)12-26-6-4-5-17-18(20(26)27)9-14(21(28)33-3)10-19(17)34-35(29,30)22(23,24)25/h7-11H,4-6,12H2,1-3H3. The van der Waals surface area contributed by atoms with Gasteiger partial charge in [-0.05, 0) is 42.7 Å². The molecule has 2 aromatic carbocycles. The third-order valence-electron chi connectivity index (χ3n) is 5.27. The summed E-state index contributed by atoms with van der Waals surface area (Å²) in [7, 11) is -2.07. The lowest BCUT2D eigenvalue weighted by atomic mass is 9.99. The van der Waals surface area contributed by atoms with Gasteiger partial charge in [-0.15, -0.1) is 0 Å². The van der Waals surface area contributed by atoms with Gasteiger partial charge in [-0.2, -0.15) is 21.6 Å². The average molecular weight is 517 g/mol. The van der Waals surface area contributed by atoms with Gasteiger partial charge in [0.1, 0.15) is 17.2 Å². The van der Waals surface area contributed by atoms with Crippen LogP contribution in [-0.4, -0.2) is 58.6 Å². The third kappa shape index (κ3) is 5.61. The molecule has 1 heterocycles. The number of hydrogen-bond donors (Lipinski definition) is 0. The molecule has 0 aliphatic carbocycles. The highest BCUT2D eigenvalue weighted by molar-refractivity contribution is 7.88. The summed E-state index contributed by atoms with van der Waals surface area (Å²) < 4.78 is 81.7. The molecule has 0 saturated heterocycles. The van der Waals surface area contributed by atoms with Gasteiger partial charge in [0.15, 0.2) is 0 Å². The molecule has 1 aliphatic heterocycles. The lowest BCUT2D eigenvalue weighted by Gasteiger charge is -2.22. The highest BCUT2D eigenvalue weighted by Crippen LogP contribution is 2.35. The van der Waals surface area contributed by atoms with Gasteiger partial charge in [-0.3, -0.25) is 4.79 Å². The minimum atomic E-state index is -6.05. The van der Waals surface area contributed by atoms with Gasteiger partial charge >= 0.3 is 21.6 Å². The van der Waals surface area contributed by atoms with Crippen molar-refractivity contribution in [3.63, 3.8) is 0 Å². The van der Waals surface area contributed by atoms with Crippen molar-refractivity contribution in [2.75, 3.05) is 27.9 Å². The molecule has 13 heteroatoms. The van der Waals surface area contributed by atoms with Crippen molar-refractivity contribution in [1.82, 2.24) is 4.90 Å². The van der Waals surface area contributed by atoms with E-state index in [2.05, 4.69) is 8.92 Å². The smallest absolute Gasteiger partial charge is 0.497 e. The van der Waals surface area contributed by atoms with Crippen LogP contribution in [0.3, 0.4) is 0 Å². The molecule has 0 fully saturated rings. The number of alkyl halides is 3. The molecule has 9 nitrogen and oxygen atoms in total. The van der Waals surface area contributed by atoms with E-state index < -0.39 is 33.3 Å². The molecular weight excluding hydrogens is 495 g/mol. The largest absolute Gasteiger partial charge is 0.534 e. The Bertz CT molecular complexity index is 1220. The first-order valence-electron chi connectivity index (χ1n) is 10.2. The van der Waals surface area contributed by atoms with E-state index >= 15 is 0 Å². The zero-order valence-electron chi connectivity index (χ0n) is 19.0. The first-order valence-corrected chi connectivity index (χ1v) is 11.6. The Morgan fingerprint density at radius 3 is 2.20 bits per heavy atom. The molecule has 0 spiro atoms. The highest BCUT2D eigenvalue weighted by Gasteiger charge is 2.49. The number of carbonyl (C=O) groups is 2. The van der Waals surface area contributed by atoms with Crippen LogP contribution in [-0.2, 0) is 27.8 Å². The van der Waals surface area contributed by atoms with Gasteiger partial charge in [-0.1, -0.05) is 0 Å². The van der Waals surface area contributed by atoms with Crippen LogP contribution in [0.5, 0.6) is 17.2 Å². The maximum atomic E-state index is 13.4. The minimum absolute atomic E-state index is 0.0309. The predicted octanol–water partition coefficient (Wildman–Crippen LogP) is 3.31. The Kier molecular flexibility index (Phi) is 7.48. The number of halogens is 3. The number of fused-ring (bicyclic) bond motifs is 1. The number of benzene rings is 2. The molecule has 0 atom stereocenters. The number of esters is 1. The van der Waals surface area contributed by atoms with Gasteiger partial charge in [0.2, 0.25) is 0 Å². The number of ether oxygens (including phenoxy) is 3. The van der Waals surface area contributed by atoms with Gasteiger partial charge in [-0.25, -0.2) is 4.79 Å². The van der Waals surface area contributed by atoms with Crippen molar-refractivity contribution < 1.29 is 49.6 Å². The SMILES string of the molecule is COC(=O)c1cc(OS(=O)(=O)C(F)(F)F)c2c(c1)C(=O)N(Cc1cc(OC)cc(OC)c1)CCC2. The number of rotatable bonds is 7. The molecule has 2 aromatic rings. The maximum Gasteiger partial charge on any atom is 0.534 e. The zero-order valence-corrected chi connectivity index (χ0v) is 19.8. The lowest BCUT2D eigenvalue weighted by molar-refractivity contribution is -0.0500. The summed E-state index contributed by atoms with van der Waals surface area (Å²) >= 11 is 0. The molecule has 1 aliphatic rings. The van der Waals surface area contributed by atoms with Gasteiger partial charge in [0.05, 0.1) is 26.9 Å². The van der Waals surface area contributed by atoms with E-state index in [9.17, 15) is 31.2 Å². The van der Waals surface area contributed by atoms with E-state index in [1.165, 1.54) is 19.1 Å². The Balaban J connectivity index is 2.06. The first-order chi connectivity index (χ1) is 16.4. The maximum absolute atomic E-state index is 13.4. The van der Waals surface area contributed by atoms with Crippen molar-refractivity contribution in [3.05, 3.63) is 52.6 Å². The Morgan fingerprint density at radius 1 is 1.03 bits per heavy atom. The van der Waals surface area contributed by atoms with Gasteiger partial charge < -0.3 is 23.3 Å². The Hall–Kier alpha value is -3.48. The molecule has 3 rings (SSSR count). The molecule has 0 radical (unpaired) electrons. The van der Waals surface area contributed by atoms with E-state index in [-0.39, 0.29) is 36.2 Å². The first kappa shape index (κ1) is 26.1. The summed E-state index contributed by atoms with van der Waals surface area (Å²) in [5.41, 5.74) is -5.60. The number of amides is 1. The topological polar surface area (TPSA) is 108 Å². The van der Waals surface area contributed by atoms with Crippen LogP contribution < -0.4 is 13.7 Å². The molecule has 0 bridgehead atoms. The normalized spacial score (nSPS) is 14.1. The van der Waals surface area contributed by atoms with Crippen molar-refractivity contribution in [3.8, 4) is 17.2 Å². The second-order valence-electron chi connectivity index (χ2n) is 7.53. The van der Waals surface area contributed by atoms with E-state index in [0.717, 1.165) is 19.2 Å². The number of nitrogens with zero attached hydrogens (tertiary/aromatic N) is 1. The van der Waals surface area contributed by atoms with Crippen molar-refractivity contribution >= 4 is 22.0 Å². The third-order valence-corrected chi connectivity index (χ3v) is 6.24. The van der Waals surface area contributed by atoms with E-state index in [4.69, 9.17) is 9.47 Å². The zero-order chi connectivity index (χ0) is 26.0. The molecule has 190 valence electrons. The van der Waals surface area contributed by atoms with Gasteiger partial charge in [0.25, 0.3) is 5.91 Å². The van der Waals surface area contributed by atoms with Crippen LogP contribution in [0.15, 0.2) is 30.3 Å². The summed E-state index contributed by atoms with van der Waals surface area (Å²) in [5.74, 6) is -1.38. The van der Waals surface area contributed by atoms with Gasteiger partial charge in [0, 0.05) is 30.3 Å². The summed E-state index contributed by atoms with van der Waals surface area (Å²) in [4.78, 5) is 26.9. The number of methoxy groups -OCH3 is 3. The van der Waals surface area contributed by atoms with Crippen LogP contribution in [0.1, 0.15) is 38.3 Å². The van der Waals surface area contributed by atoms with E-state index in [1.54, 1.807) is 18.2 Å². The highest BCUT2D eigenvalue weighted by atomic mass is 32.2. The fourth-order valence-electron chi connectivity index (χ4n) is 3.62. The molecule has 0 unspecified atom stereocenters. The summed E-state index contributed by atoms with van der Waals surface area (Å²) in [6, 6.07) is 7.01. The molecule has 35 heavy (non-hydrogen) atoms. The summed E-state index contributed by atoms with van der Waals surface area (Å²) in [6.45, 7) is 0.289. The van der Waals surface area contributed by atoms with Crippen LogP contribution >= 0.6 is 0 Å². The van der Waals surface area contributed by atoms with Crippen LogP contribution in [0, 0.1) is 0 Å². The number of carbonyl (C=O) groups excluding carboxylic acids is 2. The summed E-state index contributed by atoms with van der Waals surface area (Å²) in [6.07, 6.45) is 0.322. The molecule has 0 aromatic heterocycles. The monoisotopic (exact) mass is 517 g/mol. The second-order valence-corrected chi connectivity index (χ2v) is 9.06. The molecular formula is C22H22F3NO8S. The Morgan fingerprint density at radius 2 is 1.66 bits per heavy atom. The second kappa shape index (κ2) is 10.0. The van der Waals surface area contributed by atoms with Crippen molar-refractivity contribution in [2.45, 2.75) is 24.9 Å². The Labute approximate surface area is 199 Å². The van der Waals surface area contributed by atoms with Crippen molar-refractivity contribution in [2.24, 2.45) is 0 Å². The van der Waals surface area contributed by atoms with E-state index in [1.807, 2.05) is 0 Å². The average Bonchev–Trinajstić information content (AvgIpc) is 2.96. The number of hydrogen-bond acceptors (Lipinski definition) is 8.